The molecule has 1 heterocycles. The fraction of sp³-hybridized carbons (Fsp3) is 0.0417. The number of amides is 1. The van der Waals surface area contributed by atoms with E-state index < -0.39 is 11.9 Å². The minimum Gasteiger partial charge on any atom is -0.497 e. The number of hydrogen-bond donors (Lipinski definition) is 2. The number of hydrogen-bond acceptors (Lipinski definition) is 5. The van der Waals surface area contributed by atoms with Crippen LogP contribution in [0.4, 0.5) is 5.13 Å². The van der Waals surface area contributed by atoms with Crippen molar-refractivity contribution in [3.8, 4) is 28.1 Å². The fourth-order valence-electron chi connectivity index (χ4n) is 3.29. The SMILES string of the molecule is COc1ccc(C(=O)O)c(-c2ccccc2C(=O)Nc2nc(-c3ccc(Cl)cc3Cl)cs2)c1. The first-order chi connectivity index (χ1) is 15.9. The van der Waals surface area contributed by atoms with Gasteiger partial charge in [0.1, 0.15) is 5.75 Å². The summed E-state index contributed by atoms with van der Waals surface area (Å²) in [6.45, 7) is 0. The number of carboxylic acids is 1. The lowest BCUT2D eigenvalue weighted by atomic mass is 9.94. The molecule has 0 aliphatic heterocycles. The van der Waals surface area contributed by atoms with Gasteiger partial charge in [0.05, 0.1) is 23.4 Å². The molecule has 0 aliphatic carbocycles. The number of methoxy groups -OCH3 is 1. The lowest BCUT2D eigenvalue weighted by Crippen LogP contribution is -2.13. The molecule has 0 unspecified atom stereocenters. The van der Waals surface area contributed by atoms with Gasteiger partial charge in [0.15, 0.2) is 5.13 Å². The molecule has 0 spiro atoms. The first-order valence-electron chi connectivity index (χ1n) is 9.60. The van der Waals surface area contributed by atoms with Crippen LogP contribution in [0.1, 0.15) is 20.7 Å². The Kier molecular flexibility index (Phi) is 6.65. The summed E-state index contributed by atoms with van der Waals surface area (Å²) in [5.41, 5.74) is 2.50. The Bertz CT molecular complexity index is 1370. The summed E-state index contributed by atoms with van der Waals surface area (Å²) < 4.78 is 5.25. The number of benzene rings is 3. The fourth-order valence-corrected chi connectivity index (χ4v) is 4.50. The summed E-state index contributed by atoms with van der Waals surface area (Å²) in [4.78, 5) is 29.4. The average molecular weight is 499 g/mol. The number of anilines is 1. The number of carboxylic acid groups (broad SMARTS) is 1. The first-order valence-corrected chi connectivity index (χ1v) is 11.2. The van der Waals surface area contributed by atoms with Crippen LogP contribution in [0.15, 0.2) is 66.0 Å². The second-order valence-corrected chi connectivity index (χ2v) is 8.58. The summed E-state index contributed by atoms with van der Waals surface area (Å²) in [5.74, 6) is -1.05. The van der Waals surface area contributed by atoms with Gasteiger partial charge in [-0.05, 0) is 48.0 Å². The van der Waals surface area contributed by atoms with Gasteiger partial charge < -0.3 is 9.84 Å². The summed E-state index contributed by atoms with van der Waals surface area (Å²) in [7, 11) is 1.49. The minimum absolute atomic E-state index is 0.0602. The van der Waals surface area contributed by atoms with Gasteiger partial charge in [0.2, 0.25) is 0 Å². The van der Waals surface area contributed by atoms with Crippen LogP contribution in [0.2, 0.25) is 10.0 Å². The molecule has 0 fully saturated rings. The van der Waals surface area contributed by atoms with E-state index in [1.807, 2.05) is 0 Å². The van der Waals surface area contributed by atoms with E-state index in [0.29, 0.717) is 48.9 Å². The Morgan fingerprint density at radius 1 is 0.970 bits per heavy atom. The number of aromatic carboxylic acids is 1. The molecule has 4 aromatic rings. The van der Waals surface area contributed by atoms with E-state index in [1.165, 1.54) is 24.5 Å². The van der Waals surface area contributed by atoms with Crippen LogP contribution in [0.25, 0.3) is 22.4 Å². The molecule has 0 atom stereocenters. The zero-order valence-corrected chi connectivity index (χ0v) is 19.5. The number of aromatic nitrogens is 1. The van der Waals surface area contributed by atoms with Crippen molar-refractivity contribution < 1.29 is 19.4 Å². The highest BCUT2D eigenvalue weighted by atomic mass is 35.5. The van der Waals surface area contributed by atoms with Gasteiger partial charge in [0, 0.05) is 27.1 Å². The average Bonchev–Trinajstić information content (AvgIpc) is 3.26. The van der Waals surface area contributed by atoms with Gasteiger partial charge in [-0.25, -0.2) is 9.78 Å². The van der Waals surface area contributed by atoms with Crippen LogP contribution in [0.3, 0.4) is 0 Å². The Morgan fingerprint density at radius 2 is 1.76 bits per heavy atom. The zero-order chi connectivity index (χ0) is 23.5. The molecule has 0 aliphatic rings. The van der Waals surface area contributed by atoms with Gasteiger partial charge >= 0.3 is 5.97 Å². The molecule has 0 radical (unpaired) electrons. The number of nitrogens with one attached hydrogen (secondary N) is 1. The van der Waals surface area contributed by atoms with E-state index in [2.05, 4.69) is 10.3 Å². The van der Waals surface area contributed by atoms with Gasteiger partial charge in [0.25, 0.3) is 5.91 Å². The maximum absolute atomic E-state index is 13.1. The van der Waals surface area contributed by atoms with Crippen LogP contribution in [0, 0.1) is 0 Å². The standard InChI is InChI=1S/C24H16Cl2N2O4S/c1-32-14-7-9-17(23(30)31)19(11-14)15-4-2-3-5-16(15)22(29)28-24-27-21(12-33-24)18-8-6-13(25)10-20(18)26/h2-12H,1H3,(H,30,31)(H,27,28,29). The smallest absolute Gasteiger partial charge is 0.336 e. The van der Waals surface area contributed by atoms with Crippen molar-refractivity contribution in [1.29, 1.82) is 0 Å². The number of ether oxygens (including phenoxy) is 1. The molecular formula is C24H16Cl2N2O4S. The molecule has 4 rings (SSSR count). The van der Waals surface area contributed by atoms with E-state index in [9.17, 15) is 14.7 Å². The van der Waals surface area contributed by atoms with Crippen molar-refractivity contribution in [3.63, 3.8) is 0 Å². The Hall–Kier alpha value is -3.39. The van der Waals surface area contributed by atoms with Gasteiger partial charge in [-0.2, -0.15) is 0 Å². The Balaban J connectivity index is 1.67. The molecule has 0 bridgehead atoms. The molecular weight excluding hydrogens is 483 g/mol. The van der Waals surface area contributed by atoms with E-state index in [0.717, 1.165) is 0 Å². The highest BCUT2D eigenvalue weighted by Crippen LogP contribution is 2.34. The number of rotatable bonds is 6. The predicted octanol–water partition coefficient (Wildman–Crippen LogP) is 6.74. The van der Waals surface area contributed by atoms with Crippen LogP contribution < -0.4 is 10.1 Å². The van der Waals surface area contributed by atoms with E-state index in [4.69, 9.17) is 27.9 Å². The third kappa shape index (κ3) is 4.85. The van der Waals surface area contributed by atoms with E-state index in [1.54, 1.807) is 60.0 Å². The van der Waals surface area contributed by atoms with Gasteiger partial charge in [-0.15, -0.1) is 11.3 Å². The van der Waals surface area contributed by atoms with Crippen LogP contribution >= 0.6 is 34.5 Å². The van der Waals surface area contributed by atoms with Gasteiger partial charge in [-0.3, -0.25) is 10.1 Å². The van der Waals surface area contributed by atoms with Crippen molar-refractivity contribution >= 4 is 51.5 Å². The molecule has 1 amide bonds. The van der Waals surface area contributed by atoms with Crippen LogP contribution in [-0.4, -0.2) is 29.1 Å². The molecule has 166 valence electrons. The number of carbonyl (C=O) groups is 2. The second-order valence-electron chi connectivity index (χ2n) is 6.88. The first kappa shape index (κ1) is 22.8. The normalized spacial score (nSPS) is 10.6. The predicted molar refractivity (Wildman–Crippen MR) is 131 cm³/mol. The lowest BCUT2D eigenvalue weighted by molar-refractivity contribution is 0.0697. The lowest BCUT2D eigenvalue weighted by Gasteiger charge is -2.13. The van der Waals surface area contributed by atoms with E-state index >= 15 is 0 Å². The van der Waals surface area contributed by atoms with Crippen LogP contribution in [-0.2, 0) is 0 Å². The molecule has 33 heavy (non-hydrogen) atoms. The maximum Gasteiger partial charge on any atom is 0.336 e. The molecule has 1 aromatic heterocycles. The van der Waals surface area contributed by atoms with Gasteiger partial charge in [-0.1, -0.05) is 41.4 Å². The molecule has 3 aromatic carbocycles. The van der Waals surface area contributed by atoms with Crippen molar-refractivity contribution in [2.75, 3.05) is 12.4 Å². The highest BCUT2D eigenvalue weighted by molar-refractivity contribution is 7.14. The number of nitrogens with zero attached hydrogens (tertiary/aromatic N) is 1. The van der Waals surface area contributed by atoms with Crippen molar-refractivity contribution in [2.45, 2.75) is 0 Å². The topological polar surface area (TPSA) is 88.5 Å². The Morgan fingerprint density at radius 3 is 2.48 bits per heavy atom. The van der Waals surface area contributed by atoms with Crippen molar-refractivity contribution in [1.82, 2.24) is 4.98 Å². The quantitative estimate of drug-likeness (QED) is 0.307. The summed E-state index contributed by atoms with van der Waals surface area (Å²) in [6, 6.07) is 16.5. The molecule has 0 saturated heterocycles. The third-order valence-corrected chi connectivity index (χ3v) is 6.16. The largest absolute Gasteiger partial charge is 0.497 e. The molecule has 0 saturated carbocycles. The summed E-state index contributed by atoms with van der Waals surface area (Å²) in [6.07, 6.45) is 0. The number of thiazole rings is 1. The van der Waals surface area contributed by atoms with Crippen molar-refractivity contribution in [2.24, 2.45) is 0 Å². The maximum atomic E-state index is 13.1. The zero-order valence-electron chi connectivity index (χ0n) is 17.1. The molecule has 2 N–H and O–H groups in total. The van der Waals surface area contributed by atoms with Crippen molar-refractivity contribution in [3.05, 3.63) is 87.2 Å². The monoisotopic (exact) mass is 498 g/mol. The van der Waals surface area contributed by atoms with E-state index in [-0.39, 0.29) is 5.56 Å². The Labute approximate surface area is 203 Å². The molecule has 6 nitrogen and oxygen atoms in total. The summed E-state index contributed by atoms with van der Waals surface area (Å²) in [5, 5.41) is 15.5. The highest BCUT2D eigenvalue weighted by Gasteiger charge is 2.20. The second kappa shape index (κ2) is 9.62. The number of halogens is 2. The minimum atomic E-state index is -1.10. The molecule has 9 heteroatoms. The number of carbonyl (C=O) groups excluding carboxylic acids is 1. The third-order valence-electron chi connectivity index (χ3n) is 4.85. The van der Waals surface area contributed by atoms with Crippen LogP contribution in [0.5, 0.6) is 5.75 Å². The summed E-state index contributed by atoms with van der Waals surface area (Å²) >= 11 is 13.5.